The first kappa shape index (κ1) is 23.5. The molecule has 12 heteroatoms. The van der Waals surface area contributed by atoms with Gasteiger partial charge in [0.15, 0.2) is 5.96 Å². The number of benzene rings is 1. The Labute approximate surface area is 185 Å². The normalized spacial score (nSPS) is 15.8. The van der Waals surface area contributed by atoms with Crippen LogP contribution in [0.2, 0.25) is 0 Å². The van der Waals surface area contributed by atoms with E-state index in [-0.39, 0.29) is 54.9 Å². The van der Waals surface area contributed by atoms with Crippen molar-refractivity contribution in [3.05, 3.63) is 53.4 Å². The van der Waals surface area contributed by atoms with E-state index < -0.39 is 21.7 Å². The van der Waals surface area contributed by atoms with Gasteiger partial charge in [-0.2, -0.15) is 4.31 Å². The molecule has 2 heterocycles. The van der Waals surface area contributed by atoms with E-state index in [2.05, 4.69) is 20.0 Å². The van der Waals surface area contributed by atoms with Gasteiger partial charge in [-0.1, -0.05) is 5.16 Å². The summed E-state index contributed by atoms with van der Waals surface area (Å²) in [5.41, 5.74) is 0.548. The van der Waals surface area contributed by atoms with E-state index in [0.29, 0.717) is 24.7 Å². The van der Waals surface area contributed by atoms with Crippen LogP contribution in [0.25, 0.3) is 0 Å². The minimum atomic E-state index is -3.50. The second kappa shape index (κ2) is 10.3. The first-order chi connectivity index (χ1) is 13.4. The third-order valence-corrected chi connectivity index (χ3v) is 6.22. The van der Waals surface area contributed by atoms with Gasteiger partial charge in [0.05, 0.1) is 5.69 Å². The van der Waals surface area contributed by atoms with E-state index >= 15 is 0 Å². The van der Waals surface area contributed by atoms with Crippen molar-refractivity contribution < 1.29 is 21.7 Å². The summed E-state index contributed by atoms with van der Waals surface area (Å²) in [4.78, 5) is 6.03. The summed E-state index contributed by atoms with van der Waals surface area (Å²) < 4.78 is 58.1. The maximum absolute atomic E-state index is 13.8. The predicted octanol–water partition coefficient (Wildman–Crippen LogP) is 1.79. The first-order valence-electron chi connectivity index (χ1n) is 8.65. The summed E-state index contributed by atoms with van der Waals surface area (Å²) in [6, 6.07) is 4.79. The fourth-order valence-electron chi connectivity index (χ4n) is 2.95. The van der Waals surface area contributed by atoms with E-state index in [4.69, 9.17) is 0 Å². The zero-order valence-electron chi connectivity index (χ0n) is 15.7. The largest absolute Gasteiger partial charge is 0.364 e. The topological polar surface area (TPSA) is 91.0 Å². The number of hydrogen-bond donors (Lipinski definition) is 1. The Hall–Kier alpha value is -1.80. The molecule has 0 spiro atoms. The number of rotatable bonds is 5. The summed E-state index contributed by atoms with van der Waals surface area (Å²) in [6.07, 6.45) is 1.33. The molecule has 0 unspecified atom stereocenters. The summed E-state index contributed by atoms with van der Waals surface area (Å²) in [5, 5.41) is 6.63. The number of nitrogens with zero attached hydrogens (tertiary/aromatic N) is 4. The molecule has 160 valence electrons. The van der Waals surface area contributed by atoms with Crippen molar-refractivity contribution in [2.75, 3.05) is 33.2 Å². The standard InChI is InChI=1S/C17H21F2N5O3S.HI/c1-20-17(21-11-13-10-14(18)2-3-16(13)19)23-5-7-24(8-6-23)28(25,26)12-15-4-9-27-22-15;/h2-4,9-10H,5-8,11-12H2,1H3,(H,20,21);1H. The number of sulfonamides is 1. The van der Waals surface area contributed by atoms with Gasteiger partial charge in [0.1, 0.15) is 23.7 Å². The van der Waals surface area contributed by atoms with Crippen molar-refractivity contribution in [2.45, 2.75) is 12.3 Å². The van der Waals surface area contributed by atoms with Crippen molar-refractivity contribution in [1.29, 1.82) is 0 Å². The second-order valence-electron chi connectivity index (χ2n) is 6.27. The molecule has 1 saturated heterocycles. The molecule has 3 rings (SSSR count). The second-order valence-corrected chi connectivity index (χ2v) is 8.24. The van der Waals surface area contributed by atoms with E-state index in [1.165, 1.54) is 16.6 Å². The Morgan fingerprint density at radius 2 is 1.97 bits per heavy atom. The van der Waals surface area contributed by atoms with Gasteiger partial charge < -0.3 is 14.7 Å². The van der Waals surface area contributed by atoms with Crippen LogP contribution in [0.4, 0.5) is 8.78 Å². The maximum Gasteiger partial charge on any atom is 0.220 e. The summed E-state index contributed by atoms with van der Waals surface area (Å²) >= 11 is 0. The lowest BCUT2D eigenvalue weighted by molar-refractivity contribution is 0.259. The summed E-state index contributed by atoms with van der Waals surface area (Å²) in [7, 11) is -1.91. The monoisotopic (exact) mass is 541 g/mol. The van der Waals surface area contributed by atoms with Crippen LogP contribution in [-0.4, -0.2) is 62.0 Å². The Morgan fingerprint density at radius 1 is 1.24 bits per heavy atom. The van der Waals surface area contributed by atoms with Crippen LogP contribution in [-0.2, 0) is 22.3 Å². The molecular formula is C17H22F2IN5O3S. The average molecular weight is 541 g/mol. The molecule has 0 bridgehead atoms. The van der Waals surface area contributed by atoms with Gasteiger partial charge in [-0.3, -0.25) is 4.99 Å². The third kappa shape index (κ3) is 6.09. The number of piperazine rings is 1. The van der Waals surface area contributed by atoms with E-state index in [1.54, 1.807) is 7.05 Å². The molecule has 29 heavy (non-hydrogen) atoms. The van der Waals surface area contributed by atoms with E-state index in [0.717, 1.165) is 18.2 Å². The van der Waals surface area contributed by atoms with E-state index in [9.17, 15) is 17.2 Å². The van der Waals surface area contributed by atoms with Crippen LogP contribution in [0, 0.1) is 11.6 Å². The van der Waals surface area contributed by atoms with E-state index in [1.807, 2.05) is 4.90 Å². The molecule has 1 aliphatic rings. The number of hydrogen-bond acceptors (Lipinski definition) is 5. The molecule has 0 saturated carbocycles. The van der Waals surface area contributed by atoms with Gasteiger partial charge in [-0.25, -0.2) is 17.2 Å². The molecule has 0 amide bonds. The Morgan fingerprint density at radius 3 is 2.59 bits per heavy atom. The predicted molar refractivity (Wildman–Crippen MR) is 114 cm³/mol. The van der Waals surface area contributed by atoms with Gasteiger partial charge in [-0.15, -0.1) is 24.0 Å². The SMILES string of the molecule is CN=C(NCc1cc(F)ccc1F)N1CCN(S(=O)(=O)Cc2ccon2)CC1.I. The quantitative estimate of drug-likeness (QED) is 0.353. The van der Waals surface area contributed by atoms with Crippen LogP contribution >= 0.6 is 24.0 Å². The van der Waals surface area contributed by atoms with Crippen LogP contribution in [0.5, 0.6) is 0 Å². The van der Waals surface area contributed by atoms with Crippen molar-refractivity contribution in [2.24, 2.45) is 4.99 Å². The van der Waals surface area contributed by atoms with Crippen molar-refractivity contribution >= 4 is 40.0 Å². The van der Waals surface area contributed by atoms with Crippen LogP contribution < -0.4 is 5.32 Å². The first-order valence-corrected chi connectivity index (χ1v) is 10.3. The highest BCUT2D eigenvalue weighted by molar-refractivity contribution is 14.0. The fraction of sp³-hybridized carbons (Fsp3) is 0.412. The van der Waals surface area contributed by atoms with Gasteiger partial charge in [-0.05, 0) is 18.2 Å². The Kier molecular flexibility index (Phi) is 8.34. The molecule has 8 nitrogen and oxygen atoms in total. The highest BCUT2D eigenvalue weighted by atomic mass is 127. The highest BCUT2D eigenvalue weighted by Gasteiger charge is 2.29. The average Bonchev–Trinajstić information content (AvgIpc) is 3.17. The van der Waals surface area contributed by atoms with Crippen LogP contribution in [0.3, 0.4) is 0 Å². The lowest BCUT2D eigenvalue weighted by atomic mass is 10.2. The van der Waals surface area contributed by atoms with Crippen molar-refractivity contribution in [1.82, 2.24) is 19.7 Å². The zero-order valence-corrected chi connectivity index (χ0v) is 18.9. The molecule has 1 aromatic heterocycles. The summed E-state index contributed by atoms with van der Waals surface area (Å²) in [6.45, 7) is 1.48. The van der Waals surface area contributed by atoms with Crippen molar-refractivity contribution in [3.63, 3.8) is 0 Å². The molecule has 1 aromatic carbocycles. The van der Waals surface area contributed by atoms with Gasteiger partial charge >= 0.3 is 0 Å². The number of guanidine groups is 1. The van der Waals surface area contributed by atoms with Gasteiger partial charge in [0, 0.05) is 51.4 Å². The smallest absolute Gasteiger partial charge is 0.220 e. The summed E-state index contributed by atoms with van der Waals surface area (Å²) in [5.74, 6) is -0.737. The molecule has 1 aliphatic heterocycles. The molecule has 2 aromatic rings. The Bertz CT molecular complexity index is 933. The molecule has 1 N–H and O–H groups in total. The third-order valence-electron chi connectivity index (χ3n) is 4.41. The van der Waals surface area contributed by atoms with Crippen LogP contribution in [0.1, 0.15) is 11.3 Å². The van der Waals surface area contributed by atoms with Crippen LogP contribution in [0.15, 0.2) is 40.0 Å². The highest BCUT2D eigenvalue weighted by Crippen LogP contribution is 2.13. The zero-order chi connectivity index (χ0) is 20.1. The lowest BCUT2D eigenvalue weighted by Crippen LogP contribution is -2.53. The molecule has 0 aliphatic carbocycles. The minimum absolute atomic E-state index is 0. The number of aliphatic imine (C=N–C) groups is 1. The lowest BCUT2D eigenvalue weighted by Gasteiger charge is -2.35. The number of halogens is 3. The molecule has 0 radical (unpaired) electrons. The number of aromatic nitrogens is 1. The molecule has 1 fully saturated rings. The van der Waals surface area contributed by atoms with Gasteiger partial charge in [0.25, 0.3) is 0 Å². The molecule has 0 atom stereocenters. The fourth-order valence-corrected chi connectivity index (χ4v) is 4.38. The Balaban J connectivity index is 0.00000300. The van der Waals surface area contributed by atoms with Gasteiger partial charge in [0.2, 0.25) is 10.0 Å². The molecular weight excluding hydrogens is 519 g/mol. The minimum Gasteiger partial charge on any atom is -0.364 e. The maximum atomic E-state index is 13.8. The number of nitrogens with one attached hydrogen (secondary N) is 1. The van der Waals surface area contributed by atoms with Crippen molar-refractivity contribution in [3.8, 4) is 0 Å².